The van der Waals surface area contributed by atoms with Gasteiger partial charge in [0.05, 0.1) is 18.3 Å². The van der Waals surface area contributed by atoms with Gasteiger partial charge >= 0.3 is 11.9 Å². The minimum absolute atomic E-state index is 0.341. The van der Waals surface area contributed by atoms with Crippen LogP contribution in [0, 0.1) is 11.8 Å². The predicted molar refractivity (Wildman–Crippen MR) is 105 cm³/mol. The second kappa shape index (κ2) is 6.94. The van der Waals surface area contributed by atoms with Gasteiger partial charge in [0.25, 0.3) is 0 Å². The van der Waals surface area contributed by atoms with Crippen molar-refractivity contribution in [2.24, 2.45) is 11.8 Å². The number of carboxylic acid groups (broad SMARTS) is 2. The zero-order valence-corrected chi connectivity index (χ0v) is 17.4. The van der Waals surface area contributed by atoms with Crippen LogP contribution in [-0.2, 0) is 19.2 Å². The van der Waals surface area contributed by atoms with Crippen LogP contribution in [0.2, 0.25) is 0 Å². The monoisotopic (exact) mass is 432 g/mol. The highest BCUT2D eigenvalue weighted by atomic mass is 16.6. The molecule has 166 valence electrons. The molecule has 2 amide bonds. The zero-order chi connectivity index (χ0) is 22.7. The van der Waals surface area contributed by atoms with Crippen molar-refractivity contribution in [1.82, 2.24) is 10.2 Å². The number of ether oxygens (including phenoxy) is 2. The fourth-order valence-corrected chi connectivity index (χ4v) is 4.88. The summed E-state index contributed by atoms with van der Waals surface area (Å²) in [7, 11) is 0. The first-order chi connectivity index (χ1) is 14.5. The average Bonchev–Trinajstić information content (AvgIpc) is 3.15. The van der Waals surface area contributed by atoms with Crippen LogP contribution in [0.25, 0.3) is 0 Å². The third-order valence-electron chi connectivity index (χ3n) is 6.06. The molecule has 0 aliphatic carbocycles. The number of benzene rings is 1. The van der Waals surface area contributed by atoms with Crippen LogP contribution >= 0.6 is 0 Å². The van der Waals surface area contributed by atoms with Gasteiger partial charge in [0.2, 0.25) is 11.8 Å². The summed E-state index contributed by atoms with van der Waals surface area (Å²) in [4.78, 5) is 51.7. The number of hydrogen-bond donors (Lipinski definition) is 3. The standard InChI is InChI=1S/C21H24N2O8/c1-20(2,3)23-17(26)14-15(18(23)27)21(19(28)29,9-13(24)25)22-16(14)10-4-5-11-12(8-10)31-7-6-30-11/h4-5,8,14-16,22H,6-7,9H2,1-3H3,(H,24,25)(H,28,29). The maximum Gasteiger partial charge on any atom is 0.325 e. The molecule has 4 unspecified atom stereocenters. The Kier molecular flexibility index (Phi) is 4.73. The van der Waals surface area contributed by atoms with Crippen molar-refractivity contribution >= 4 is 23.8 Å². The summed E-state index contributed by atoms with van der Waals surface area (Å²) in [6.45, 7) is 5.77. The van der Waals surface area contributed by atoms with E-state index >= 15 is 0 Å². The van der Waals surface area contributed by atoms with Crippen molar-refractivity contribution in [3.63, 3.8) is 0 Å². The highest BCUT2D eigenvalue weighted by Gasteiger charge is 2.70. The number of carbonyl (C=O) groups excluding carboxylic acids is 2. The molecule has 0 spiro atoms. The van der Waals surface area contributed by atoms with E-state index in [9.17, 15) is 29.4 Å². The van der Waals surface area contributed by atoms with Crippen LogP contribution < -0.4 is 14.8 Å². The fourth-order valence-electron chi connectivity index (χ4n) is 4.88. The summed E-state index contributed by atoms with van der Waals surface area (Å²) in [5.74, 6) is -5.53. The smallest absolute Gasteiger partial charge is 0.325 e. The van der Waals surface area contributed by atoms with E-state index in [2.05, 4.69) is 5.32 Å². The molecule has 2 fully saturated rings. The largest absolute Gasteiger partial charge is 0.486 e. The maximum absolute atomic E-state index is 13.4. The third-order valence-corrected chi connectivity index (χ3v) is 6.06. The molecule has 10 nitrogen and oxygen atoms in total. The van der Waals surface area contributed by atoms with E-state index in [1.165, 1.54) is 0 Å². The first-order valence-electron chi connectivity index (χ1n) is 9.98. The topological polar surface area (TPSA) is 142 Å². The van der Waals surface area contributed by atoms with E-state index in [-0.39, 0.29) is 0 Å². The van der Waals surface area contributed by atoms with Crippen molar-refractivity contribution in [2.45, 2.75) is 44.3 Å². The summed E-state index contributed by atoms with van der Waals surface area (Å²) >= 11 is 0. The lowest BCUT2D eigenvalue weighted by molar-refractivity contribution is -0.157. The number of amides is 2. The number of hydrogen-bond acceptors (Lipinski definition) is 7. The molecule has 1 aromatic carbocycles. The quantitative estimate of drug-likeness (QED) is 0.589. The van der Waals surface area contributed by atoms with E-state index in [1.807, 2.05) is 0 Å². The van der Waals surface area contributed by atoms with Crippen molar-refractivity contribution in [3.05, 3.63) is 23.8 Å². The van der Waals surface area contributed by atoms with E-state index < -0.39 is 59.1 Å². The highest BCUT2D eigenvalue weighted by molar-refractivity contribution is 6.10. The van der Waals surface area contributed by atoms with E-state index in [4.69, 9.17) is 9.47 Å². The first-order valence-corrected chi connectivity index (χ1v) is 9.98. The third kappa shape index (κ3) is 3.13. The van der Waals surface area contributed by atoms with Crippen LogP contribution in [0.1, 0.15) is 38.8 Å². The molecule has 3 heterocycles. The summed E-state index contributed by atoms with van der Waals surface area (Å²) < 4.78 is 11.1. The maximum atomic E-state index is 13.4. The van der Waals surface area contributed by atoms with Crippen LogP contribution in [-0.4, -0.2) is 63.2 Å². The molecule has 3 aliphatic rings. The molecule has 0 bridgehead atoms. The predicted octanol–water partition coefficient (Wildman–Crippen LogP) is 0.800. The number of carboxylic acids is 2. The molecule has 3 N–H and O–H groups in total. The number of nitrogens with one attached hydrogen (secondary N) is 1. The molecule has 0 aromatic heterocycles. The van der Waals surface area contributed by atoms with Gasteiger partial charge in [0.1, 0.15) is 18.8 Å². The molecule has 4 rings (SSSR count). The Bertz CT molecular complexity index is 984. The average molecular weight is 432 g/mol. The zero-order valence-electron chi connectivity index (χ0n) is 17.4. The molecular weight excluding hydrogens is 408 g/mol. The van der Waals surface area contributed by atoms with Gasteiger partial charge in [0, 0.05) is 11.6 Å². The molecule has 2 saturated heterocycles. The molecule has 10 heteroatoms. The summed E-state index contributed by atoms with van der Waals surface area (Å²) in [6, 6.07) is 4.07. The normalized spacial score (nSPS) is 29.8. The molecule has 0 radical (unpaired) electrons. The Morgan fingerprint density at radius 3 is 2.35 bits per heavy atom. The number of carbonyl (C=O) groups is 4. The van der Waals surface area contributed by atoms with E-state index in [0.717, 1.165) is 4.90 Å². The van der Waals surface area contributed by atoms with E-state index in [1.54, 1.807) is 39.0 Å². The first kappa shape index (κ1) is 21.1. The Labute approximate surface area is 178 Å². The Balaban J connectivity index is 1.85. The van der Waals surface area contributed by atoms with Gasteiger partial charge in [0.15, 0.2) is 11.5 Å². The number of aliphatic carboxylic acids is 2. The SMILES string of the molecule is CC(C)(C)N1C(=O)C2C(c3ccc4c(c3)OCCO4)NC(CC(=O)O)(C(=O)O)C2C1=O. The number of likely N-dealkylation sites (tertiary alicyclic amines) is 1. The lowest BCUT2D eigenvalue weighted by Gasteiger charge is -2.34. The van der Waals surface area contributed by atoms with Crippen molar-refractivity contribution in [1.29, 1.82) is 0 Å². The second-order valence-corrected chi connectivity index (χ2v) is 9.06. The lowest BCUT2D eigenvalue weighted by Crippen LogP contribution is -2.58. The number of rotatable bonds is 4. The number of imide groups is 1. The molecule has 0 saturated carbocycles. The van der Waals surface area contributed by atoms with Crippen LogP contribution in [0.15, 0.2) is 18.2 Å². The van der Waals surface area contributed by atoms with Gasteiger partial charge < -0.3 is 19.7 Å². The highest BCUT2D eigenvalue weighted by Crippen LogP contribution is 2.52. The lowest BCUT2D eigenvalue weighted by atomic mass is 9.77. The van der Waals surface area contributed by atoms with Gasteiger partial charge in [-0.1, -0.05) is 6.07 Å². The van der Waals surface area contributed by atoms with Gasteiger partial charge in [-0.25, -0.2) is 0 Å². The van der Waals surface area contributed by atoms with Gasteiger partial charge in [-0.2, -0.15) is 0 Å². The van der Waals surface area contributed by atoms with Crippen LogP contribution in [0.5, 0.6) is 11.5 Å². The number of fused-ring (bicyclic) bond motifs is 2. The summed E-state index contributed by atoms with van der Waals surface area (Å²) in [6.07, 6.45) is -0.846. The Morgan fingerprint density at radius 2 is 1.77 bits per heavy atom. The van der Waals surface area contributed by atoms with Crippen LogP contribution in [0.3, 0.4) is 0 Å². The van der Waals surface area contributed by atoms with Crippen molar-refractivity contribution < 1.29 is 38.9 Å². The summed E-state index contributed by atoms with van der Waals surface area (Å²) in [5, 5.41) is 22.4. The molecule has 3 aliphatic heterocycles. The molecule has 4 atom stereocenters. The Hall–Kier alpha value is -3.14. The fraction of sp³-hybridized carbons (Fsp3) is 0.524. The van der Waals surface area contributed by atoms with Crippen molar-refractivity contribution in [2.75, 3.05) is 13.2 Å². The molecule has 31 heavy (non-hydrogen) atoms. The number of nitrogens with zero attached hydrogens (tertiary/aromatic N) is 1. The summed E-state index contributed by atoms with van der Waals surface area (Å²) in [5.41, 5.74) is -2.49. The Morgan fingerprint density at radius 1 is 1.13 bits per heavy atom. The van der Waals surface area contributed by atoms with Crippen LogP contribution in [0.4, 0.5) is 0 Å². The molecule has 1 aromatic rings. The molecular formula is C21H24N2O8. The van der Waals surface area contributed by atoms with E-state index in [0.29, 0.717) is 30.3 Å². The van der Waals surface area contributed by atoms with Gasteiger partial charge in [-0.05, 0) is 38.5 Å². The van der Waals surface area contributed by atoms with Crippen molar-refractivity contribution in [3.8, 4) is 11.5 Å². The minimum Gasteiger partial charge on any atom is -0.486 e. The minimum atomic E-state index is -2.12. The second-order valence-electron chi connectivity index (χ2n) is 9.06. The van der Waals surface area contributed by atoms with Gasteiger partial charge in [-0.15, -0.1) is 0 Å². The van der Waals surface area contributed by atoms with Gasteiger partial charge in [-0.3, -0.25) is 29.4 Å².